The Balaban J connectivity index is 2.13. The zero-order valence-corrected chi connectivity index (χ0v) is 21.3. The zero-order valence-electron chi connectivity index (χ0n) is 21.3. The highest BCUT2D eigenvalue weighted by molar-refractivity contribution is 5.88. The number of piperidine rings is 1. The molecule has 0 spiro atoms. The molecule has 0 radical (unpaired) electrons. The number of nitrogens with one attached hydrogen (secondary N) is 2. The van der Waals surface area contributed by atoms with Gasteiger partial charge in [0.05, 0.1) is 6.04 Å². The molecule has 34 heavy (non-hydrogen) atoms. The fourth-order valence-electron chi connectivity index (χ4n) is 3.89. The van der Waals surface area contributed by atoms with Crippen molar-refractivity contribution in [2.75, 3.05) is 13.1 Å². The maximum atomic E-state index is 13.2. The first-order chi connectivity index (χ1) is 16.0. The molecule has 1 fully saturated rings. The summed E-state index contributed by atoms with van der Waals surface area (Å²) in [6, 6.07) is 8.69. The normalized spacial score (nSPS) is 16.2. The van der Waals surface area contributed by atoms with Crippen molar-refractivity contribution in [3.05, 3.63) is 48.0 Å². The van der Waals surface area contributed by atoms with Gasteiger partial charge >= 0.3 is 6.09 Å². The predicted octanol–water partition coefficient (Wildman–Crippen LogP) is 4.22. The molecule has 2 rings (SSSR count). The number of benzene rings is 1. The Labute approximate surface area is 204 Å². The molecule has 7 heteroatoms. The highest BCUT2D eigenvalue weighted by Crippen LogP contribution is 2.12. The number of amides is 3. The van der Waals surface area contributed by atoms with Gasteiger partial charge < -0.3 is 20.3 Å². The van der Waals surface area contributed by atoms with Crippen molar-refractivity contribution in [1.29, 1.82) is 0 Å². The summed E-state index contributed by atoms with van der Waals surface area (Å²) < 4.78 is 5.35. The van der Waals surface area contributed by atoms with E-state index in [0.717, 1.165) is 37.9 Å². The van der Waals surface area contributed by atoms with Crippen LogP contribution < -0.4 is 10.6 Å². The monoisotopic (exact) mass is 471 g/mol. The molecule has 0 aliphatic carbocycles. The number of ether oxygens (including phenoxy) is 1. The number of likely N-dealkylation sites (tertiary alicyclic amines) is 1. The Morgan fingerprint density at radius 3 is 2.26 bits per heavy atom. The number of carbonyl (C=O) groups excluding carboxylic acids is 3. The third kappa shape index (κ3) is 10.4. The van der Waals surface area contributed by atoms with Gasteiger partial charge in [0.25, 0.3) is 0 Å². The second kappa shape index (κ2) is 13.2. The minimum atomic E-state index is -0.737. The van der Waals surface area contributed by atoms with Crippen molar-refractivity contribution in [3.8, 4) is 0 Å². The molecule has 1 aromatic rings. The Morgan fingerprint density at radius 2 is 1.68 bits per heavy atom. The number of carbonyl (C=O) groups is 3. The van der Waals surface area contributed by atoms with Crippen LogP contribution in [0.3, 0.4) is 0 Å². The average Bonchev–Trinajstić information content (AvgIpc) is 2.76. The minimum Gasteiger partial charge on any atom is -0.444 e. The molecule has 1 heterocycles. The van der Waals surface area contributed by atoms with E-state index in [1.54, 1.807) is 32.9 Å². The predicted molar refractivity (Wildman–Crippen MR) is 134 cm³/mol. The van der Waals surface area contributed by atoms with E-state index in [1.165, 1.54) is 0 Å². The van der Waals surface area contributed by atoms with Crippen LogP contribution in [0, 0.1) is 5.92 Å². The Bertz CT molecular complexity index is 824. The van der Waals surface area contributed by atoms with Gasteiger partial charge in [-0.25, -0.2) is 4.79 Å². The van der Waals surface area contributed by atoms with Gasteiger partial charge in [0.2, 0.25) is 11.8 Å². The summed E-state index contributed by atoms with van der Waals surface area (Å²) in [5, 5.41) is 5.75. The van der Waals surface area contributed by atoms with E-state index in [1.807, 2.05) is 49.1 Å². The van der Waals surface area contributed by atoms with Gasteiger partial charge in [-0.05, 0) is 64.4 Å². The van der Waals surface area contributed by atoms with E-state index in [0.29, 0.717) is 12.8 Å². The Hall–Kier alpha value is -2.83. The molecule has 188 valence electrons. The van der Waals surface area contributed by atoms with Crippen LogP contribution >= 0.6 is 0 Å². The first-order valence-corrected chi connectivity index (χ1v) is 12.3. The van der Waals surface area contributed by atoms with E-state index in [9.17, 15) is 14.4 Å². The van der Waals surface area contributed by atoms with Gasteiger partial charge in [-0.2, -0.15) is 0 Å². The van der Waals surface area contributed by atoms with Crippen molar-refractivity contribution >= 4 is 17.9 Å². The van der Waals surface area contributed by atoms with E-state index in [4.69, 9.17) is 4.74 Å². The maximum absolute atomic E-state index is 13.2. The Morgan fingerprint density at radius 1 is 1.03 bits per heavy atom. The summed E-state index contributed by atoms with van der Waals surface area (Å²) in [5.41, 5.74) is 0.388. The minimum absolute atomic E-state index is 0.0300. The lowest BCUT2D eigenvalue weighted by Crippen LogP contribution is -2.51. The maximum Gasteiger partial charge on any atom is 0.408 e. The summed E-state index contributed by atoms with van der Waals surface area (Å²) in [5.74, 6) is -0.136. The van der Waals surface area contributed by atoms with Crippen molar-refractivity contribution in [2.24, 2.45) is 5.92 Å². The zero-order chi connectivity index (χ0) is 25.1. The molecule has 0 saturated carbocycles. The van der Waals surface area contributed by atoms with Crippen molar-refractivity contribution in [1.82, 2.24) is 15.5 Å². The van der Waals surface area contributed by atoms with Crippen molar-refractivity contribution in [2.45, 2.75) is 84.4 Å². The SMILES string of the molecule is CC(C)CC(NC(=O)OC(C)(C)C)C(=O)NC(/C=C/C(=O)N1CCCCC1)Cc1ccccc1. The topological polar surface area (TPSA) is 87.7 Å². The van der Waals surface area contributed by atoms with Crippen LogP contribution in [-0.4, -0.2) is 53.6 Å². The summed E-state index contributed by atoms with van der Waals surface area (Å²) in [6.07, 6.45) is 6.93. The van der Waals surface area contributed by atoms with Gasteiger partial charge in [-0.15, -0.1) is 0 Å². The van der Waals surface area contributed by atoms with Crippen LogP contribution in [0.4, 0.5) is 4.79 Å². The molecule has 3 amide bonds. The smallest absolute Gasteiger partial charge is 0.408 e. The first kappa shape index (κ1) is 27.4. The molecule has 0 aromatic heterocycles. The van der Waals surface area contributed by atoms with E-state index in [-0.39, 0.29) is 17.7 Å². The van der Waals surface area contributed by atoms with Gasteiger partial charge in [0.15, 0.2) is 0 Å². The van der Waals surface area contributed by atoms with E-state index >= 15 is 0 Å². The van der Waals surface area contributed by atoms with Crippen LogP contribution in [0.25, 0.3) is 0 Å². The van der Waals surface area contributed by atoms with Crippen LogP contribution in [0.2, 0.25) is 0 Å². The van der Waals surface area contributed by atoms with Gasteiger partial charge in [-0.3, -0.25) is 9.59 Å². The number of nitrogens with zero attached hydrogens (tertiary/aromatic N) is 1. The molecule has 1 aliphatic rings. The standard InChI is InChI=1S/C27H41N3O4/c1-20(2)18-23(29-26(33)34-27(3,4)5)25(32)28-22(19-21-12-8-6-9-13-21)14-15-24(31)30-16-10-7-11-17-30/h6,8-9,12-15,20,22-23H,7,10-11,16-19H2,1-5H3,(H,28,32)(H,29,33)/b15-14+. The molecule has 7 nitrogen and oxygen atoms in total. The average molecular weight is 472 g/mol. The van der Waals surface area contributed by atoms with Gasteiger partial charge in [0, 0.05) is 19.2 Å². The molecular weight excluding hydrogens is 430 g/mol. The van der Waals surface area contributed by atoms with Crippen LogP contribution in [0.15, 0.2) is 42.5 Å². The Kier molecular flexibility index (Phi) is 10.6. The van der Waals surface area contributed by atoms with Gasteiger partial charge in [0.1, 0.15) is 11.6 Å². The van der Waals surface area contributed by atoms with Crippen molar-refractivity contribution < 1.29 is 19.1 Å². The lowest BCUT2D eigenvalue weighted by molar-refractivity contribution is -0.127. The molecule has 2 N–H and O–H groups in total. The quantitative estimate of drug-likeness (QED) is 0.528. The fraction of sp³-hybridized carbons (Fsp3) is 0.593. The number of hydrogen-bond donors (Lipinski definition) is 2. The molecule has 2 unspecified atom stereocenters. The summed E-state index contributed by atoms with van der Waals surface area (Å²) in [7, 11) is 0. The summed E-state index contributed by atoms with van der Waals surface area (Å²) in [4.78, 5) is 40.1. The van der Waals surface area contributed by atoms with Crippen LogP contribution in [0.1, 0.15) is 65.9 Å². The highest BCUT2D eigenvalue weighted by atomic mass is 16.6. The lowest BCUT2D eigenvalue weighted by atomic mass is 10.0. The molecule has 1 aromatic carbocycles. The number of alkyl carbamates (subject to hydrolysis) is 1. The van der Waals surface area contributed by atoms with Gasteiger partial charge in [-0.1, -0.05) is 50.3 Å². The third-order valence-electron chi connectivity index (χ3n) is 5.48. The second-order valence-corrected chi connectivity index (χ2v) is 10.4. The second-order valence-electron chi connectivity index (χ2n) is 10.4. The number of rotatable bonds is 9. The molecular formula is C27H41N3O4. The first-order valence-electron chi connectivity index (χ1n) is 12.3. The molecule has 1 saturated heterocycles. The lowest BCUT2D eigenvalue weighted by Gasteiger charge is -2.26. The summed E-state index contributed by atoms with van der Waals surface area (Å²) in [6.45, 7) is 10.9. The molecule has 2 atom stereocenters. The fourth-order valence-corrected chi connectivity index (χ4v) is 3.89. The van der Waals surface area contributed by atoms with E-state index in [2.05, 4.69) is 10.6 Å². The molecule has 1 aliphatic heterocycles. The van der Waals surface area contributed by atoms with E-state index < -0.39 is 23.8 Å². The number of hydrogen-bond acceptors (Lipinski definition) is 4. The largest absolute Gasteiger partial charge is 0.444 e. The van der Waals surface area contributed by atoms with Crippen LogP contribution in [0.5, 0.6) is 0 Å². The summed E-state index contributed by atoms with van der Waals surface area (Å²) >= 11 is 0. The van der Waals surface area contributed by atoms with Crippen molar-refractivity contribution in [3.63, 3.8) is 0 Å². The highest BCUT2D eigenvalue weighted by Gasteiger charge is 2.26. The molecule has 0 bridgehead atoms. The third-order valence-corrected chi connectivity index (χ3v) is 5.48. The van der Waals surface area contributed by atoms with Crippen LogP contribution in [-0.2, 0) is 20.7 Å².